The van der Waals surface area contributed by atoms with E-state index in [1.165, 1.54) is 19.3 Å². The van der Waals surface area contributed by atoms with Gasteiger partial charge in [0.05, 0.1) is 6.54 Å². The normalized spacial score (nSPS) is 23.1. The Morgan fingerprint density at radius 3 is 2.63 bits per heavy atom. The quantitative estimate of drug-likeness (QED) is 0.687. The first-order valence-corrected chi connectivity index (χ1v) is 9.85. The van der Waals surface area contributed by atoms with Crippen molar-refractivity contribution in [2.75, 3.05) is 18.5 Å². The van der Waals surface area contributed by atoms with Crippen molar-refractivity contribution in [2.24, 2.45) is 17.8 Å². The van der Waals surface area contributed by atoms with Gasteiger partial charge in [0.25, 0.3) is 5.91 Å². The minimum Gasteiger partial charge on any atom is -0.456 e. The molecule has 27 heavy (non-hydrogen) atoms. The maximum Gasteiger partial charge on any atom is 0.306 e. The Labute approximate surface area is 160 Å². The van der Waals surface area contributed by atoms with Gasteiger partial charge in [-0.1, -0.05) is 31.5 Å². The van der Waals surface area contributed by atoms with Crippen LogP contribution in [0.5, 0.6) is 0 Å². The first-order chi connectivity index (χ1) is 13.0. The highest BCUT2D eigenvalue weighted by atomic mass is 16.5. The summed E-state index contributed by atoms with van der Waals surface area (Å²) in [6.07, 6.45) is 6.09. The van der Waals surface area contributed by atoms with E-state index in [-0.39, 0.29) is 25.0 Å². The molecule has 6 heteroatoms. The van der Waals surface area contributed by atoms with E-state index in [1.807, 2.05) is 31.2 Å². The van der Waals surface area contributed by atoms with Gasteiger partial charge >= 0.3 is 5.97 Å². The van der Waals surface area contributed by atoms with Crippen molar-refractivity contribution < 1.29 is 19.1 Å². The lowest BCUT2D eigenvalue weighted by molar-refractivity contribution is -0.149. The minimum atomic E-state index is -0.463. The van der Waals surface area contributed by atoms with Gasteiger partial charge in [-0.15, -0.1) is 0 Å². The zero-order valence-electron chi connectivity index (χ0n) is 15.8. The predicted molar refractivity (Wildman–Crippen MR) is 102 cm³/mol. The van der Waals surface area contributed by atoms with Crippen LogP contribution in [-0.4, -0.2) is 30.9 Å². The summed E-state index contributed by atoms with van der Waals surface area (Å²) in [6.45, 7) is 1.52. The van der Waals surface area contributed by atoms with Crippen LogP contribution < -0.4 is 10.6 Å². The van der Waals surface area contributed by atoms with E-state index >= 15 is 0 Å². The van der Waals surface area contributed by atoms with E-state index in [2.05, 4.69) is 10.6 Å². The molecule has 2 bridgehead atoms. The number of ether oxygens (including phenoxy) is 1. The van der Waals surface area contributed by atoms with Crippen molar-refractivity contribution in [3.63, 3.8) is 0 Å². The van der Waals surface area contributed by atoms with Gasteiger partial charge in [-0.2, -0.15) is 0 Å². The smallest absolute Gasteiger partial charge is 0.306 e. The molecule has 0 heterocycles. The molecule has 2 N–H and O–H groups in total. The average Bonchev–Trinajstić information content (AvgIpc) is 3.28. The van der Waals surface area contributed by atoms with Crippen LogP contribution in [0.2, 0.25) is 0 Å². The summed E-state index contributed by atoms with van der Waals surface area (Å²) in [4.78, 5) is 35.8. The fourth-order valence-electron chi connectivity index (χ4n) is 4.42. The number of benzene rings is 1. The van der Waals surface area contributed by atoms with Crippen LogP contribution >= 0.6 is 0 Å². The molecule has 0 radical (unpaired) electrons. The second-order valence-corrected chi connectivity index (χ2v) is 7.64. The molecule has 2 aliphatic rings. The van der Waals surface area contributed by atoms with Gasteiger partial charge in [0.15, 0.2) is 6.61 Å². The lowest BCUT2D eigenvalue weighted by Crippen LogP contribution is -2.35. The summed E-state index contributed by atoms with van der Waals surface area (Å²) >= 11 is 0. The van der Waals surface area contributed by atoms with Crippen LogP contribution in [-0.2, 0) is 25.5 Å². The first-order valence-electron chi connectivity index (χ1n) is 9.85. The molecular weight excluding hydrogens is 344 g/mol. The number of amides is 2. The van der Waals surface area contributed by atoms with Gasteiger partial charge in [0, 0.05) is 12.1 Å². The molecule has 1 aromatic rings. The molecule has 0 spiro atoms. The molecule has 1 aromatic carbocycles. The van der Waals surface area contributed by atoms with E-state index in [0.717, 1.165) is 30.0 Å². The summed E-state index contributed by atoms with van der Waals surface area (Å²) in [5.74, 6) is 0.777. The van der Waals surface area contributed by atoms with E-state index in [9.17, 15) is 14.4 Å². The second kappa shape index (κ2) is 9.02. The number of hydrogen-bond donors (Lipinski definition) is 2. The molecule has 2 saturated carbocycles. The number of carbonyl (C=O) groups excluding carboxylic acids is 3. The monoisotopic (exact) mass is 372 g/mol. The molecule has 0 saturated heterocycles. The highest BCUT2D eigenvalue weighted by Gasteiger charge is 2.40. The number of aryl methyl sites for hydroxylation is 1. The lowest BCUT2D eigenvalue weighted by Gasteiger charge is -2.20. The molecule has 0 aromatic heterocycles. The number of fused-ring (bicyclic) bond motifs is 2. The Morgan fingerprint density at radius 1 is 1.11 bits per heavy atom. The molecule has 146 valence electrons. The van der Waals surface area contributed by atoms with Crippen molar-refractivity contribution in [3.05, 3.63) is 29.8 Å². The summed E-state index contributed by atoms with van der Waals surface area (Å²) in [5.41, 5.74) is 1.78. The zero-order valence-corrected chi connectivity index (χ0v) is 15.8. The zero-order chi connectivity index (χ0) is 19.2. The van der Waals surface area contributed by atoms with Crippen LogP contribution in [0.4, 0.5) is 5.69 Å². The topological polar surface area (TPSA) is 84.5 Å². The van der Waals surface area contributed by atoms with Crippen molar-refractivity contribution >= 4 is 23.5 Å². The third-order valence-corrected chi connectivity index (χ3v) is 5.80. The maximum atomic E-state index is 12.0. The molecule has 0 unspecified atom stereocenters. The first kappa shape index (κ1) is 19.4. The van der Waals surface area contributed by atoms with Gasteiger partial charge in [-0.3, -0.25) is 14.4 Å². The third kappa shape index (κ3) is 5.31. The number of esters is 1. The number of nitrogens with one attached hydrogen (secondary N) is 2. The van der Waals surface area contributed by atoms with E-state index in [1.54, 1.807) is 0 Å². The van der Waals surface area contributed by atoms with Gasteiger partial charge in [-0.05, 0) is 55.1 Å². The molecule has 2 fully saturated rings. The number of para-hydroxylation sites is 1. The number of carbonyl (C=O) groups is 3. The summed E-state index contributed by atoms with van der Waals surface area (Å²) in [7, 11) is 0. The van der Waals surface area contributed by atoms with Gasteiger partial charge in [0.2, 0.25) is 5.91 Å². The Morgan fingerprint density at radius 2 is 1.93 bits per heavy atom. The molecule has 2 aliphatic carbocycles. The Kier molecular flexibility index (Phi) is 6.48. The largest absolute Gasteiger partial charge is 0.456 e. The minimum absolute atomic E-state index is 0.152. The molecule has 3 rings (SSSR count). The van der Waals surface area contributed by atoms with Gasteiger partial charge < -0.3 is 15.4 Å². The van der Waals surface area contributed by atoms with Crippen LogP contribution in [0.1, 0.15) is 44.6 Å². The average molecular weight is 372 g/mol. The Balaban J connectivity index is 1.33. The van der Waals surface area contributed by atoms with Crippen molar-refractivity contribution in [3.8, 4) is 0 Å². The highest BCUT2D eigenvalue weighted by Crippen LogP contribution is 2.49. The lowest BCUT2D eigenvalue weighted by atomic mass is 9.86. The second-order valence-electron chi connectivity index (χ2n) is 7.64. The van der Waals surface area contributed by atoms with Gasteiger partial charge in [-0.25, -0.2) is 0 Å². The molecule has 0 aliphatic heterocycles. The number of hydrogen-bond acceptors (Lipinski definition) is 4. The van der Waals surface area contributed by atoms with Crippen LogP contribution in [0.3, 0.4) is 0 Å². The highest BCUT2D eigenvalue weighted by molar-refractivity contribution is 5.95. The van der Waals surface area contributed by atoms with Crippen LogP contribution in [0.15, 0.2) is 24.3 Å². The molecule has 3 atom stereocenters. The van der Waals surface area contributed by atoms with Crippen molar-refractivity contribution in [1.82, 2.24) is 5.32 Å². The maximum absolute atomic E-state index is 12.0. The van der Waals surface area contributed by atoms with E-state index in [0.29, 0.717) is 18.3 Å². The number of anilines is 1. The molecular formula is C21H28N2O4. The predicted octanol–water partition coefficient (Wildman–Crippen LogP) is 2.67. The van der Waals surface area contributed by atoms with E-state index in [4.69, 9.17) is 4.74 Å². The van der Waals surface area contributed by atoms with Crippen molar-refractivity contribution in [1.29, 1.82) is 0 Å². The SMILES string of the molecule is CCc1ccccc1NC(=O)CNC(=O)COC(=O)C[C@@H]1C[C@H]2CC[C@@H]1C2. The summed E-state index contributed by atoms with van der Waals surface area (Å²) < 4.78 is 5.08. The third-order valence-electron chi connectivity index (χ3n) is 5.80. The summed E-state index contributed by atoms with van der Waals surface area (Å²) in [5, 5.41) is 5.27. The summed E-state index contributed by atoms with van der Waals surface area (Å²) in [6, 6.07) is 7.55. The Hall–Kier alpha value is -2.37. The standard InChI is InChI=1S/C21H28N2O4/c1-2-15-5-3-4-6-18(15)23-19(24)12-22-20(25)13-27-21(26)11-17-10-14-7-8-16(17)9-14/h3-6,14,16-17H,2,7-13H2,1H3,(H,22,25)(H,23,24)/t14-,16+,17-/m0/s1. The Bertz CT molecular complexity index is 703. The van der Waals surface area contributed by atoms with Gasteiger partial charge in [0.1, 0.15) is 0 Å². The fourth-order valence-corrected chi connectivity index (χ4v) is 4.42. The van der Waals surface area contributed by atoms with E-state index < -0.39 is 5.91 Å². The van der Waals surface area contributed by atoms with Crippen LogP contribution in [0.25, 0.3) is 0 Å². The fraction of sp³-hybridized carbons (Fsp3) is 0.571. The van der Waals surface area contributed by atoms with Crippen LogP contribution in [0, 0.1) is 17.8 Å². The van der Waals surface area contributed by atoms with Crippen molar-refractivity contribution in [2.45, 2.75) is 45.4 Å². The molecule has 6 nitrogen and oxygen atoms in total. The number of rotatable bonds is 8. The molecule has 2 amide bonds.